The largest absolute Gasteiger partial charge is 0.496 e. The number of rotatable bonds is 5. The molecule has 0 bridgehead atoms. The number of ether oxygens (including phenoxy) is 1. The molecule has 2 heterocycles. The van der Waals surface area contributed by atoms with Gasteiger partial charge < -0.3 is 19.9 Å². The van der Waals surface area contributed by atoms with Crippen LogP contribution in [0.3, 0.4) is 0 Å². The highest BCUT2D eigenvalue weighted by Crippen LogP contribution is 2.25. The first-order valence-electron chi connectivity index (χ1n) is 9.67. The molecule has 7 nitrogen and oxygen atoms in total. The molecule has 0 saturated carbocycles. The van der Waals surface area contributed by atoms with Crippen LogP contribution in [0.4, 0.5) is 17.5 Å². The van der Waals surface area contributed by atoms with E-state index in [1.165, 1.54) is 0 Å². The average Bonchev–Trinajstić information content (AvgIpc) is 2.80. The van der Waals surface area contributed by atoms with Gasteiger partial charge in [0.15, 0.2) is 0 Å². The van der Waals surface area contributed by atoms with Crippen molar-refractivity contribution >= 4 is 35.0 Å². The molecule has 30 heavy (non-hydrogen) atoms. The summed E-state index contributed by atoms with van der Waals surface area (Å²) in [5, 5.41) is 3.85. The fourth-order valence-corrected chi connectivity index (χ4v) is 3.56. The Morgan fingerprint density at radius 1 is 1.03 bits per heavy atom. The molecule has 0 aliphatic carbocycles. The number of carbonyl (C=O) groups is 1. The number of hydrogen-bond donors (Lipinski definition) is 1. The fourth-order valence-electron chi connectivity index (χ4n) is 3.37. The monoisotopic (exact) mass is 423 g/mol. The number of methoxy groups -OCH3 is 1. The zero-order valence-electron chi connectivity index (χ0n) is 16.6. The summed E-state index contributed by atoms with van der Waals surface area (Å²) in [6.07, 6.45) is 1.72. The van der Waals surface area contributed by atoms with Crippen molar-refractivity contribution in [1.29, 1.82) is 0 Å². The van der Waals surface area contributed by atoms with E-state index < -0.39 is 0 Å². The summed E-state index contributed by atoms with van der Waals surface area (Å²) in [5.41, 5.74) is 1.37. The van der Waals surface area contributed by atoms with E-state index in [4.69, 9.17) is 16.3 Å². The van der Waals surface area contributed by atoms with Crippen molar-refractivity contribution in [2.24, 2.45) is 0 Å². The van der Waals surface area contributed by atoms with Gasteiger partial charge in [-0.25, -0.2) is 4.98 Å². The Morgan fingerprint density at radius 3 is 2.53 bits per heavy atom. The SMILES string of the molecule is COc1ccccc1C(=O)N1CCN(c2nccc(Nc3ccccc3Cl)n2)CC1. The van der Waals surface area contributed by atoms with E-state index in [2.05, 4.69) is 20.2 Å². The van der Waals surface area contributed by atoms with Gasteiger partial charge in [-0.05, 0) is 30.3 Å². The Hall–Kier alpha value is -3.32. The number of nitrogens with one attached hydrogen (secondary N) is 1. The lowest BCUT2D eigenvalue weighted by Gasteiger charge is -2.35. The van der Waals surface area contributed by atoms with Crippen molar-refractivity contribution in [3.63, 3.8) is 0 Å². The van der Waals surface area contributed by atoms with E-state index >= 15 is 0 Å². The molecule has 1 saturated heterocycles. The lowest BCUT2D eigenvalue weighted by Crippen LogP contribution is -2.49. The zero-order chi connectivity index (χ0) is 20.9. The van der Waals surface area contributed by atoms with E-state index in [1.807, 2.05) is 41.3 Å². The third-order valence-corrected chi connectivity index (χ3v) is 5.30. The number of hydrogen-bond acceptors (Lipinski definition) is 6. The van der Waals surface area contributed by atoms with Gasteiger partial charge in [0.05, 0.1) is 23.4 Å². The van der Waals surface area contributed by atoms with Gasteiger partial charge in [0.1, 0.15) is 11.6 Å². The highest BCUT2D eigenvalue weighted by Gasteiger charge is 2.25. The van der Waals surface area contributed by atoms with Gasteiger partial charge in [0.25, 0.3) is 5.91 Å². The molecule has 0 atom stereocenters. The van der Waals surface area contributed by atoms with Crippen LogP contribution >= 0.6 is 11.6 Å². The molecule has 1 aliphatic heterocycles. The number of halogens is 1. The Bertz CT molecular complexity index is 1040. The van der Waals surface area contributed by atoms with E-state index in [9.17, 15) is 4.79 Å². The van der Waals surface area contributed by atoms with E-state index in [1.54, 1.807) is 31.5 Å². The third-order valence-electron chi connectivity index (χ3n) is 4.97. The zero-order valence-corrected chi connectivity index (χ0v) is 17.3. The van der Waals surface area contributed by atoms with Crippen LogP contribution in [-0.2, 0) is 0 Å². The second-order valence-corrected chi connectivity index (χ2v) is 7.23. The number of nitrogens with zero attached hydrogens (tertiary/aromatic N) is 4. The number of amides is 1. The first kappa shape index (κ1) is 20.0. The summed E-state index contributed by atoms with van der Waals surface area (Å²) in [5.74, 6) is 1.85. The summed E-state index contributed by atoms with van der Waals surface area (Å²) >= 11 is 6.22. The van der Waals surface area contributed by atoms with Gasteiger partial charge in [-0.1, -0.05) is 35.9 Å². The lowest BCUT2D eigenvalue weighted by molar-refractivity contribution is 0.0743. The molecule has 0 unspecified atom stereocenters. The minimum absolute atomic E-state index is 0.0258. The number of aromatic nitrogens is 2. The van der Waals surface area contributed by atoms with Gasteiger partial charge in [-0.2, -0.15) is 4.98 Å². The molecule has 154 valence electrons. The third kappa shape index (κ3) is 4.31. The van der Waals surface area contributed by atoms with Crippen LogP contribution in [0.15, 0.2) is 60.8 Å². The molecule has 0 spiro atoms. The molecule has 8 heteroatoms. The van der Waals surface area contributed by atoms with Gasteiger partial charge in [0, 0.05) is 32.4 Å². The first-order valence-corrected chi connectivity index (χ1v) is 10.1. The van der Waals surface area contributed by atoms with Crippen LogP contribution in [0.25, 0.3) is 0 Å². The van der Waals surface area contributed by atoms with E-state index in [-0.39, 0.29) is 5.91 Å². The lowest BCUT2D eigenvalue weighted by atomic mass is 10.1. The van der Waals surface area contributed by atoms with E-state index in [0.29, 0.717) is 54.3 Å². The van der Waals surface area contributed by atoms with Crippen LogP contribution in [-0.4, -0.2) is 54.1 Å². The number of benzene rings is 2. The summed E-state index contributed by atoms with van der Waals surface area (Å²) in [6, 6.07) is 16.6. The van der Waals surface area contributed by atoms with Crippen LogP contribution in [0, 0.1) is 0 Å². The van der Waals surface area contributed by atoms with Gasteiger partial charge in [-0.3, -0.25) is 4.79 Å². The van der Waals surface area contributed by atoms with E-state index in [0.717, 1.165) is 5.69 Å². The molecule has 2 aromatic carbocycles. The quantitative estimate of drug-likeness (QED) is 0.672. The van der Waals surface area contributed by atoms with Crippen LogP contribution in [0.2, 0.25) is 5.02 Å². The maximum absolute atomic E-state index is 12.9. The van der Waals surface area contributed by atoms with Crippen molar-refractivity contribution in [1.82, 2.24) is 14.9 Å². The highest BCUT2D eigenvalue weighted by molar-refractivity contribution is 6.33. The Labute approximate surface area is 180 Å². The fraction of sp³-hybridized carbons (Fsp3) is 0.227. The summed E-state index contributed by atoms with van der Waals surface area (Å²) in [6.45, 7) is 2.47. The predicted octanol–water partition coefficient (Wildman–Crippen LogP) is 3.84. The van der Waals surface area contributed by atoms with Gasteiger partial charge >= 0.3 is 0 Å². The van der Waals surface area contributed by atoms with Crippen LogP contribution in [0.1, 0.15) is 10.4 Å². The number of para-hydroxylation sites is 2. The maximum atomic E-state index is 12.9. The van der Waals surface area contributed by atoms with Crippen molar-refractivity contribution in [2.45, 2.75) is 0 Å². The summed E-state index contributed by atoms with van der Waals surface area (Å²) in [7, 11) is 1.57. The molecule has 1 aromatic heterocycles. The number of anilines is 3. The van der Waals surface area contributed by atoms with Crippen LogP contribution in [0.5, 0.6) is 5.75 Å². The normalized spacial score (nSPS) is 13.8. The Balaban J connectivity index is 1.42. The van der Waals surface area contributed by atoms with Crippen LogP contribution < -0.4 is 15.0 Å². The minimum atomic E-state index is -0.0258. The number of piperazine rings is 1. The Morgan fingerprint density at radius 2 is 1.77 bits per heavy atom. The second-order valence-electron chi connectivity index (χ2n) is 6.83. The van der Waals surface area contributed by atoms with Crippen molar-refractivity contribution in [3.8, 4) is 5.75 Å². The molecule has 1 fully saturated rings. The molecule has 4 rings (SSSR count). The maximum Gasteiger partial charge on any atom is 0.257 e. The standard InChI is InChI=1S/C22H22ClN5O2/c1-30-19-9-5-2-6-16(19)21(29)27-12-14-28(15-13-27)22-24-11-10-20(26-22)25-18-8-4-3-7-17(18)23/h2-11H,12-15H2,1H3,(H,24,25,26). The topological polar surface area (TPSA) is 70.6 Å². The molecular formula is C22H22ClN5O2. The molecular weight excluding hydrogens is 402 g/mol. The van der Waals surface area contributed by atoms with Crippen molar-refractivity contribution in [3.05, 3.63) is 71.4 Å². The minimum Gasteiger partial charge on any atom is -0.496 e. The molecule has 3 aromatic rings. The average molecular weight is 424 g/mol. The van der Waals surface area contributed by atoms with Gasteiger partial charge in [-0.15, -0.1) is 0 Å². The van der Waals surface area contributed by atoms with Gasteiger partial charge in [0.2, 0.25) is 5.95 Å². The molecule has 1 amide bonds. The smallest absolute Gasteiger partial charge is 0.257 e. The summed E-state index contributed by atoms with van der Waals surface area (Å²) in [4.78, 5) is 25.8. The summed E-state index contributed by atoms with van der Waals surface area (Å²) < 4.78 is 5.32. The highest BCUT2D eigenvalue weighted by atomic mass is 35.5. The molecule has 1 N–H and O–H groups in total. The second kappa shape index (κ2) is 9.00. The predicted molar refractivity (Wildman–Crippen MR) is 118 cm³/mol. The molecule has 0 radical (unpaired) electrons. The van der Waals surface area contributed by atoms with Crippen molar-refractivity contribution in [2.75, 3.05) is 43.5 Å². The number of carbonyl (C=O) groups excluding carboxylic acids is 1. The Kier molecular flexibility index (Phi) is 5.99. The van der Waals surface area contributed by atoms with Crippen molar-refractivity contribution < 1.29 is 9.53 Å². The first-order chi connectivity index (χ1) is 14.7. The molecule has 1 aliphatic rings.